The largest absolute Gasteiger partial charge is 0.449 e. The van der Waals surface area contributed by atoms with E-state index in [4.69, 9.17) is 4.74 Å². The molecule has 0 aromatic heterocycles. The molecule has 0 aliphatic carbocycles. The topological polar surface area (TPSA) is 92.8 Å². The van der Waals surface area contributed by atoms with Gasteiger partial charge in [-0.3, -0.25) is 19.3 Å². The number of carbonyl (C=O) groups excluding carboxylic acids is 4. The molecule has 1 aromatic carbocycles. The zero-order chi connectivity index (χ0) is 20.1. The highest BCUT2D eigenvalue weighted by atomic mass is 16.5. The predicted molar refractivity (Wildman–Crippen MR) is 99.3 cm³/mol. The second kappa shape index (κ2) is 8.62. The summed E-state index contributed by atoms with van der Waals surface area (Å²) in [6, 6.07) is 4.22. The second-order valence-electron chi connectivity index (χ2n) is 6.79. The minimum atomic E-state index is -0.995. The molecule has 144 valence electrons. The Kier molecular flexibility index (Phi) is 6.50. The number of rotatable bonds is 8. The number of fused-ring (bicyclic) bond motifs is 1. The number of esters is 1. The Labute approximate surface area is 158 Å². The zero-order valence-corrected chi connectivity index (χ0v) is 15.8. The zero-order valence-electron chi connectivity index (χ0n) is 15.8. The monoisotopic (exact) mass is 372 g/mol. The molecule has 0 spiro atoms. The molecule has 1 aliphatic heterocycles. The minimum absolute atomic E-state index is 0.115. The van der Waals surface area contributed by atoms with Crippen molar-refractivity contribution in [1.82, 2.24) is 10.2 Å². The average Bonchev–Trinajstić information content (AvgIpc) is 2.87. The quantitative estimate of drug-likeness (QED) is 0.429. The van der Waals surface area contributed by atoms with Crippen molar-refractivity contribution in [2.75, 3.05) is 13.1 Å². The van der Waals surface area contributed by atoms with Crippen LogP contribution >= 0.6 is 0 Å². The van der Waals surface area contributed by atoms with Crippen molar-refractivity contribution in [2.24, 2.45) is 5.92 Å². The Morgan fingerprint density at radius 3 is 2.48 bits per heavy atom. The number of benzene rings is 1. The molecule has 2 rings (SSSR count). The van der Waals surface area contributed by atoms with Crippen molar-refractivity contribution in [2.45, 2.75) is 33.3 Å². The minimum Gasteiger partial charge on any atom is -0.449 e. The van der Waals surface area contributed by atoms with Crippen molar-refractivity contribution >= 4 is 23.7 Å². The van der Waals surface area contributed by atoms with Crippen LogP contribution in [0.2, 0.25) is 0 Å². The molecule has 7 heteroatoms. The predicted octanol–water partition coefficient (Wildman–Crippen LogP) is 2.18. The third-order valence-corrected chi connectivity index (χ3v) is 4.21. The van der Waals surface area contributed by atoms with Crippen LogP contribution in [-0.2, 0) is 9.53 Å². The van der Waals surface area contributed by atoms with Crippen LogP contribution in [0.4, 0.5) is 0 Å². The Morgan fingerprint density at radius 2 is 1.85 bits per heavy atom. The van der Waals surface area contributed by atoms with Gasteiger partial charge in [-0.05, 0) is 37.5 Å². The fourth-order valence-electron chi connectivity index (χ4n) is 2.61. The summed E-state index contributed by atoms with van der Waals surface area (Å²) in [6.07, 6.45) is 1.23. The number of imide groups is 1. The van der Waals surface area contributed by atoms with E-state index in [9.17, 15) is 19.2 Å². The molecule has 0 unspecified atom stereocenters. The molecule has 0 radical (unpaired) electrons. The number of ether oxygens (including phenoxy) is 1. The SMILES string of the molecule is C=CCNC(=O)[C@H](C)OC(=O)c1ccc2c(c1)C(=O)N(CCC(C)C)C2=O. The van der Waals surface area contributed by atoms with Gasteiger partial charge in [-0.1, -0.05) is 19.9 Å². The highest BCUT2D eigenvalue weighted by Gasteiger charge is 2.36. The lowest BCUT2D eigenvalue weighted by molar-refractivity contribution is -0.128. The molecule has 0 saturated heterocycles. The van der Waals surface area contributed by atoms with Gasteiger partial charge in [-0.15, -0.1) is 6.58 Å². The smallest absolute Gasteiger partial charge is 0.338 e. The Balaban J connectivity index is 2.11. The molecular weight excluding hydrogens is 348 g/mol. The van der Waals surface area contributed by atoms with E-state index in [2.05, 4.69) is 11.9 Å². The van der Waals surface area contributed by atoms with Crippen molar-refractivity contribution < 1.29 is 23.9 Å². The molecule has 0 saturated carbocycles. The van der Waals surface area contributed by atoms with E-state index in [1.54, 1.807) is 0 Å². The lowest BCUT2D eigenvalue weighted by Crippen LogP contribution is -2.35. The van der Waals surface area contributed by atoms with Gasteiger partial charge in [0, 0.05) is 13.1 Å². The molecule has 1 aromatic rings. The van der Waals surface area contributed by atoms with Gasteiger partial charge in [0.05, 0.1) is 16.7 Å². The summed E-state index contributed by atoms with van der Waals surface area (Å²) < 4.78 is 5.13. The lowest BCUT2D eigenvalue weighted by atomic mass is 10.1. The van der Waals surface area contributed by atoms with Crippen LogP contribution < -0.4 is 5.32 Å². The fourth-order valence-corrected chi connectivity index (χ4v) is 2.61. The number of nitrogens with zero attached hydrogens (tertiary/aromatic N) is 1. The first-order chi connectivity index (χ1) is 12.8. The first-order valence-electron chi connectivity index (χ1n) is 8.86. The van der Waals surface area contributed by atoms with E-state index in [0.29, 0.717) is 18.9 Å². The average molecular weight is 372 g/mol. The van der Waals surface area contributed by atoms with Crippen LogP contribution in [-0.4, -0.2) is 47.8 Å². The number of nitrogens with one attached hydrogen (secondary N) is 1. The van der Waals surface area contributed by atoms with Gasteiger partial charge >= 0.3 is 5.97 Å². The van der Waals surface area contributed by atoms with Crippen molar-refractivity contribution in [3.8, 4) is 0 Å². The van der Waals surface area contributed by atoms with Gasteiger partial charge < -0.3 is 10.1 Å². The van der Waals surface area contributed by atoms with Gasteiger partial charge in [-0.2, -0.15) is 0 Å². The fraction of sp³-hybridized carbons (Fsp3) is 0.400. The van der Waals surface area contributed by atoms with Gasteiger partial charge in [0.25, 0.3) is 17.7 Å². The first kappa shape index (κ1) is 20.4. The van der Waals surface area contributed by atoms with E-state index >= 15 is 0 Å². The number of carbonyl (C=O) groups is 4. The van der Waals surface area contributed by atoms with Crippen LogP contribution in [0.5, 0.6) is 0 Å². The van der Waals surface area contributed by atoms with Crippen LogP contribution in [0.25, 0.3) is 0 Å². The van der Waals surface area contributed by atoms with E-state index in [1.807, 2.05) is 13.8 Å². The molecule has 3 amide bonds. The number of hydrogen-bond acceptors (Lipinski definition) is 5. The van der Waals surface area contributed by atoms with E-state index in [-0.39, 0.29) is 29.1 Å². The van der Waals surface area contributed by atoms with Gasteiger partial charge in [0.1, 0.15) is 0 Å². The first-order valence-corrected chi connectivity index (χ1v) is 8.86. The van der Waals surface area contributed by atoms with Crippen LogP contribution in [0.15, 0.2) is 30.9 Å². The van der Waals surface area contributed by atoms with Crippen LogP contribution in [0, 0.1) is 5.92 Å². The molecule has 1 aliphatic rings. The summed E-state index contributed by atoms with van der Waals surface area (Å²) in [5, 5.41) is 2.53. The summed E-state index contributed by atoms with van der Waals surface area (Å²) in [5.41, 5.74) is 0.572. The summed E-state index contributed by atoms with van der Waals surface area (Å²) >= 11 is 0. The number of hydrogen-bond donors (Lipinski definition) is 1. The molecule has 7 nitrogen and oxygen atoms in total. The molecule has 0 fully saturated rings. The van der Waals surface area contributed by atoms with Gasteiger partial charge in [-0.25, -0.2) is 4.79 Å². The van der Waals surface area contributed by atoms with E-state index in [1.165, 1.54) is 36.1 Å². The summed E-state index contributed by atoms with van der Waals surface area (Å²) in [6.45, 7) is 9.57. The molecule has 1 N–H and O–H groups in total. The Morgan fingerprint density at radius 1 is 1.19 bits per heavy atom. The maximum Gasteiger partial charge on any atom is 0.338 e. The molecule has 1 heterocycles. The van der Waals surface area contributed by atoms with Gasteiger partial charge in [0.15, 0.2) is 6.10 Å². The molecule has 27 heavy (non-hydrogen) atoms. The van der Waals surface area contributed by atoms with E-state index < -0.39 is 23.9 Å². The third-order valence-electron chi connectivity index (χ3n) is 4.21. The highest BCUT2D eigenvalue weighted by Crippen LogP contribution is 2.25. The Hall–Kier alpha value is -2.96. The maximum atomic E-state index is 12.5. The van der Waals surface area contributed by atoms with Crippen LogP contribution in [0.3, 0.4) is 0 Å². The molecule has 0 bridgehead atoms. The van der Waals surface area contributed by atoms with Gasteiger partial charge in [0.2, 0.25) is 0 Å². The lowest BCUT2D eigenvalue weighted by Gasteiger charge is -2.14. The summed E-state index contributed by atoms with van der Waals surface area (Å²) in [7, 11) is 0. The van der Waals surface area contributed by atoms with Crippen molar-refractivity contribution in [3.63, 3.8) is 0 Å². The maximum absolute atomic E-state index is 12.5. The third kappa shape index (κ3) is 4.61. The summed E-state index contributed by atoms with van der Waals surface area (Å²) in [5.74, 6) is -1.60. The highest BCUT2D eigenvalue weighted by molar-refractivity contribution is 6.22. The second-order valence-corrected chi connectivity index (χ2v) is 6.79. The molecular formula is C20H24N2O5. The standard InChI is InChI=1S/C20H24N2O5/c1-5-9-21-17(23)13(4)27-20(26)14-6-7-15-16(11-14)19(25)22(18(15)24)10-8-12(2)3/h5-7,11-13H,1,8-10H2,2-4H3,(H,21,23)/t13-/m0/s1. The number of amides is 3. The summed E-state index contributed by atoms with van der Waals surface area (Å²) in [4.78, 5) is 50.2. The van der Waals surface area contributed by atoms with E-state index in [0.717, 1.165) is 0 Å². The molecule has 1 atom stereocenters. The van der Waals surface area contributed by atoms with Crippen LogP contribution in [0.1, 0.15) is 58.3 Å². The Bertz CT molecular complexity index is 785. The normalized spacial score (nSPS) is 14.1. The van der Waals surface area contributed by atoms with Crippen molar-refractivity contribution in [1.29, 1.82) is 0 Å². The van der Waals surface area contributed by atoms with Crippen molar-refractivity contribution in [3.05, 3.63) is 47.5 Å².